The molecular formula is C14H17N3. The molecule has 0 atom stereocenters. The van der Waals surface area contributed by atoms with E-state index in [-0.39, 0.29) is 0 Å². The molecule has 3 N–H and O–H groups in total. The molecule has 0 unspecified atom stereocenters. The largest absolute Gasteiger partial charge is 0.397 e. The standard InChI is InChI=1S/C14H17N3/c1-10-6-11(2)14(13(15)7-10)17-9-12-4-3-5-16-8-12/h3-8,17H,9,15H2,1-2H3. The van der Waals surface area contributed by atoms with Crippen molar-refractivity contribution in [2.45, 2.75) is 20.4 Å². The summed E-state index contributed by atoms with van der Waals surface area (Å²) in [6.07, 6.45) is 3.63. The van der Waals surface area contributed by atoms with Gasteiger partial charge in [0.25, 0.3) is 0 Å². The summed E-state index contributed by atoms with van der Waals surface area (Å²) in [6, 6.07) is 8.09. The highest BCUT2D eigenvalue weighted by atomic mass is 14.9. The van der Waals surface area contributed by atoms with Crippen molar-refractivity contribution < 1.29 is 0 Å². The Morgan fingerprint density at radius 3 is 2.76 bits per heavy atom. The van der Waals surface area contributed by atoms with Crippen molar-refractivity contribution in [2.75, 3.05) is 11.1 Å². The number of benzene rings is 1. The molecule has 1 aromatic carbocycles. The maximum absolute atomic E-state index is 6.01. The predicted octanol–water partition coefficient (Wildman–Crippen LogP) is 2.89. The lowest BCUT2D eigenvalue weighted by Crippen LogP contribution is -2.04. The van der Waals surface area contributed by atoms with Gasteiger partial charge in [-0.1, -0.05) is 12.1 Å². The number of nitrogen functional groups attached to an aromatic ring is 1. The molecule has 1 aromatic heterocycles. The topological polar surface area (TPSA) is 50.9 Å². The molecule has 0 saturated heterocycles. The Labute approximate surface area is 102 Å². The molecule has 2 aromatic rings. The van der Waals surface area contributed by atoms with E-state index in [0.29, 0.717) is 0 Å². The molecule has 2 rings (SSSR count). The number of anilines is 2. The summed E-state index contributed by atoms with van der Waals surface area (Å²) in [6.45, 7) is 4.85. The number of nitrogens with two attached hydrogens (primary N) is 1. The van der Waals surface area contributed by atoms with Gasteiger partial charge in [-0.2, -0.15) is 0 Å². The Hall–Kier alpha value is -2.03. The molecule has 88 valence electrons. The lowest BCUT2D eigenvalue weighted by Gasteiger charge is -2.13. The molecule has 0 saturated carbocycles. The first-order valence-electron chi connectivity index (χ1n) is 5.66. The zero-order chi connectivity index (χ0) is 12.3. The third-order valence-corrected chi connectivity index (χ3v) is 2.70. The van der Waals surface area contributed by atoms with Gasteiger partial charge in [0.05, 0.1) is 11.4 Å². The minimum atomic E-state index is 0.738. The van der Waals surface area contributed by atoms with Crippen molar-refractivity contribution in [3.8, 4) is 0 Å². The monoisotopic (exact) mass is 227 g/mol. The third-order valence-electron chi connectivity index (χ3n) is 2.70. The minimum Gasteiger partial charge on any atom is -0.397 e. The van der Waals surface area contributed by atoms with Gasteiger partial charge in [-0.25, -0.2) is 0 Å². The first kappa shape index (κ1) is 11.5. The smallest absolute Gasteiger partial charge is 0.0606 e. The average Bonchev–Trinajstić information content (AvgIpc) is 2.29. The number of hydrogen-bond donors (Lipinski definition) is 2. The van der Waals surface area contributed by atoms with Crippen molar-refractivity contribution in [1.29, 1.82) is 0 Å². The van der Waals surface area contributed by atoms with Crippen LogP contribution in [0.4, 0.5) is 11.4 Å². The zero-order valence-corrected chi connectivity index (χ0v) is 10.2. The fraction of sp³-hybridized carbons (Fsp3) is 0.214. The molecule has 0 radical (unpaired) electrons. The van der Waals surface area contributed by atoms with Gasteiger partial charge >= 0.3 is 0 Å². The maximum Gasteiger partial charge on any atom is 0.0606 e. The Morgan fingerprint density at radius 1 is 1.29 bits per heavy atom. The third kappa shape index (κ3) is 2.75. The Morgan fingerprint density at radius 2 is 2.12 bits per heavy atom. The Balaban J connectivity index is 2.15. The van der Waals surface area contributed by atoms with Crippen molar-refractivity contribution >= 4 is 11.4 Å². The van der Waals surface area contributed by atoms with Crippen LogP contribution in [-0.2, 0) is 6.54 Å². The summed E-state index contributed by atoms with van der Waals surface area (Å²) in [5.74, 6) is 0. The maximum atomic E-state index is 6.01. The second-order valence-corrected chi connectivity index (χ2v) is 4.26. The summed E-state index contributed by atoms with van der Waals surface area (Å²) in [5.41, 5.74) is 11.3. The van der Waals surface area contributed by atoms with Crippen LogP contribution in [0.1, 0.15) is 16.7 Å². The van der Waals surface area contributed by atoms with E-state index in [1.54, 1.807) is 6.20 Å². The van der Waals surface area contributed by atoms with Crippen LogP contribution in [0.3, 0.4) is 0 Å². The Bertz CT molecular complexity index is 483. The van der Waals surface area contributed by atoms with Crippen LogP contribution in [0.5, 0.6) is 0 Å². The van der Waals surface area contributed by atoms with E-state index in [1.807, 2.05) is 31.3 Å². The molecule has 1 heterocycles. The minimum absolute atomic E-state index is 0.738. The van der Waals surface area contributed by atoms with E-state index in [1.165, 1.54) is 11.1 Å². The van der Waals surface area contributed by atoms with Gasteiger partial charge in [-0.05, 0) is 42.7 Å². The summed E-state index contributed by atoms with van der Waals surface area (Å²) in [4.78, 5) is 4.08. The van der Waals surface area contributed by atoms with Gasteiger partial charge in [-0.15, -0.1) is 0 Å². The van der Waals surface area contributed by atoms with Crippen LogP contribution in [0.2, 0.25) is 0 Å². The van der Waals surface area contributed by atoms with E-state index in [0.717, 1.165) is 23.5 Å². The summed E-state index contributed by atoms with van der Waals surface area (Å²) >= 11 is 0. The highest BCUT2D eigenvalue weighted by molar-refractivity contribution is 5.71. The second-order valence-electron chi connectivity index (χ2n) is 4.26. The van der Waals surface area contributed by atoms with Crippen molar-refractivity contribution in [3.63, 3.8) is 0 Å². The fourth-order valence-electron chi connectivity index (χ4n) is 1.94. The van der Waals surface area contributed by atoms with Gasteiger partial charge in [-0.3, -0.25) is 4.98 Å². The molecule has 3 heteroatoms. The number of nitrogens with zero attached hydrogens (tertiary/aromatic N) is 1. The van der Waals surface area contributed by atoms with Gasteiger partial charge in [0.2, 0.25) is 0 Å². The molecule has 0 aliphatic carbocycles. The summed E-state index contributed by atoms with van der Waals surface area (Å²) in [5, 5.41) is 3.36. The van der Waals surface area contributed by atoms with Crippen molar-refractivity contribution in [1.82, 2.24) is 4.98 Å². The second kappa shape index (κ2) is 4.87. The van der Waals surface area contributed by atoms with Crippen molar-refractivity contribution in [3.05, 3.63) is 53.3 Å². The SMILES string of the molecule is Cc1cc(C)c(NCc2cccnc2)c(N)c1. The van der Waals surface area contributed by atoms with Crippen LogP contribution < -0.4 is 11.1 Å². The lowest BCUT2D eigenvalue weighted by molar-refractivity contribution is 1.11. The van der Waals surface area contributed by atoms with E-state index in [4.69, 9.17) is 5.73 Å². The normalized spacial score (nSPS) is 10.2. The number of rotatable bonds is 3. The van der Waals surface area contributed by atoms with E-state index >= 15 is 0 Å². The zero-order valence-electron chi connectivity index (χ0n) is 10.2. The number of nitrogens with one attached hydrogen (secondary N) is 1. The Kier molecular flexibility index (Phi) is 3.28. The van der Waals surface area contributed by atoms with Gasteiger partial charge in [0.15, 0.2) is 0 Å². The van der Waals surface area contributed by atoms with E-state index < -0.39 is 0 Å². The first-order chi connectivity index (χ1) is 8.16. The number of hydrogen-bond acceptors (Lipinski definition) is 3. The molecular weight excluding hydrogens is 210 g/mol. The number of aryl methyl sites for hydroxylation is 2. The molecule has 0 aliphatic rings. The molecule has 0 amide bonds. The molecule has 0 bridgehead atoms. The molecule has 17 heavy (non-hydrogen) atoms. The van der Waals surface area contributed by atoms with Crippen LogP contribution in [0.15, 0.2) is 36.7 Å². The predicted molar refractivity (Wildman–Crippen MR) is 71.9 cm³/mol. The molecule has 0 aliphatic heterocycles. The summed E-state index contributed by atoms with van der Waals surface area (Å²) < 4.78 is 0. The molecule has 0 fully saturated rings. The molecule has 3 nitrogen and oxygen atoms in total. The van der Waals surface area contributed by atoms with Crippen LogP contribution >= 0.6 is 0 Å². The van der Waals surface area contributed by atoms with Crippen molar-refractivity contribution in [2.24, 2.45) is 0 Å². The quantitative estimate of drug-likeness (QED) is 0.793. The first-order valence-corrected chi connectivity index (χ1v) is 5.66. The van der Waals surface area contributed by atoms with E-state index in [9.17, 15) is 0 Å². The average molecular weight is 227 g/mol. The highest BCUT2D eigenvalue weighted by Gasteiger charge is 2.03. The lowest BCUT2D eigenvalue weighted by atomic mass is 10.1. The van der Waals surface area contributed by atoms with Crippen LogP contribution in [0.25, 0.3) is 0 Å². The van der Waals surface area contributed by atoms with Gasteiger partial charge in [0, 0.05) is 18.9 Å². The summed E-state index contributed by atoms with van der Waals surface area (Å²) in [7, 11) is 0. The van der Waals surface area contributed by atoms with Crippen LogP contribution in [-0.4, -0.2) is 4.98 Å². The number of pyridine rings is 1. The fourth-order valence-corrected chi connectivity index (χ4v) is 1.94. The highest BCUT2D eigenvalue weighted by Crippen LogP contribution is 2.25. The van der Waals surface area contributed by atoms with Gasteiger partial charge < -0.3 is 11.1 Å². The van der Waals surface area contributed by atoms with Gasteiger partial charge in [0.1, 0.15) is 0 Å². The number of aromatic nitrogens is 1. The van der Waals surface area contributed by atoms with Crippen LogP contribution in [0, 0.1) is 13.8 Å². The molecule has 0 spiro atoms. The van der Waals surface area contributed by atoms with E-state index in [2.05, 4.69) is 23.3 Å².